The summed E-state index contributed by atoms with van der Waals surface area (Å²) < 4.78 is 10.5. The first-order chi connectivity index (χ1) is 9.42. The maximum Gasteiger partial charge on any atom is 0.232 e. The van der Waals surface area contributed by atoms with Gasteiger partial charge in [0, 0.05) is 24.0 Å². The zero-order chi connectivity index (χ0) is 12.9. The number of hydrogen-bond donors (Lipinski definition) is 0. The van der Waals surface area contributed by atoms with E-state index >= 15 is 0 Å². The van der Waals surface area contributed by atoms with E-state index in [0.29, 0.717) is 11.8 Å². The first-order valence-corrected chi connectivity index (χ1v) is 5.80. The lowest BCUT2D eigenvalue weighted by Gasteiger charge is -2.04. The molecule has 3 aromatic rings. The van der Waals surface area contributed by atoms with E-state index in [9.17, 15) is 0 Å². The Balaban J connectivity index is 1.69. The SMILES string of the molecule is c1ccc(-c2ccc(OCc3ncco3)nc2)nc1. The van der Waals surface area contributed by atoms with E-state index in [1.54, 1.807) is 24.7 Å². The van der Waals surface area contributed by atoms with E-state index in [1.807, 2.05) is 24.3 Å². The molecule has 0 aliphatic rings. The number of pyridine rings is 2. The average molecular weight is 253 g/mol. The van der Waals surface area contributed by atoms with Crippen LogP contribution in [-0.2, 0) is 6.61 Å². The van der Waals surface area contributed by atoms with Crippen LogP contribution in [0.2, 0.25) is 0 Å². The zero-order valence-electron chi connectivity index (χ0n) is 10.1. The van der Waals surface area contributed by atoms with Crippen LogP contribution >= 0.6 is 0 Å². The van der Waals surface area contributed by atoms with Crippen molar-refractivity contribution in [1.29, 1.82) is 0 Å². The second-order valence-electron chi connectivity index (χ2n) is 3.81. The van der Waals surface area contributed by atoms with Crippen LogP contribution in [0.1, 0.15) is 5.89 Å². The van der Waals surface area contributed by atoms with Crippen molar-refractivity contribution < 1.29 is 9.15 Å². The number of oxazole rings is 1. The summed E-state index contributed by atoms with van der Waals surface area (Å²) in [5, 5.41) is 0. The summed E-state index contributed by atoms with van der Waals surface area (Å²) in [6, 6.07) is 9.47. The van der Waals surface area contributed by atoms with Gasteiger partial charge in [-0.3, -0.25) is 4.98 Å². The molecule has 0 amide bonds. The first-order valence-electron chi connectivity index (χ1n) is 5.80. The summed E-state index contributed by atoms with van der Waals surface area (Å²) >= 11 is 0. The molecule has 0 radical (unpaired) electrons. The molecule has 0 aromatic carbocycles. The van der Waals surface area contributed by atoms with Crippen LogP contribution in [0.25, 0.3) is 11.3 Å². The number of aromatic nitrogens is 3. The molecule has 0 fully saturated rings. The third kappa shape index (κ3) is 2.77. The van der Waals surface area contributed by atoms with E-state index in [2.05, 4.69) is 15.0 Å². The van der Waals surface area contributed by atoms with Crippen molar-refractivity contribution in [3.63, 3.8) is 0 Å². The van der Waals surface area contributed by atoms with Crippen molar-refractivity contribution in [2.24, 2.45) is 0 Å². The van der Waals surface area contributed by atoms with Crippen molar-refractivity contribution in [2.45, 2.75) is 6.61 Å². The van der Waals surface area contributed by atoms with Crippen LogP contribution in [0, 0.1) is 0 Å². The van der Waals surface area contributed by atoms with Gasteiger partial charge in [-0.2, -0.15) is 0 Å². The third-order valence-corrected chi connectivity index (χ3v) is 2.52. The van der Waals surface area contributed by atoms with Crippen LogP contribution in [-0.4, -0.2) is 15.0 Å². The Hall–Kier alpha value is -2.69. The molecule has 0 spiro atoms. The van der Waals surface area contributed by atoms with Crippen LogP contribution < -0.4 is 4.74 Å². The number of nitrogens with zero attached hydrogens (tertiary/aromatic N) is 3. The summed E-state index contributed by atoms with van der Waals surface area (Å²) in [4.78, 5) is 12.4. The maximum atomic E-state index is 5.45. The van der Waals surface area contributed by atoms with Crippen LogP contribution in [0.3, 0.4) is 0 Å². The quantitative estimate of drug-likeness (QED) is 0.715. The van der Waals surface area contributed by atoms with E-state index in [0.717, 1.165) is 11.3 Å². The fraction of sp³-hybridized carbons (Fsp3) is 0.0714. The smallest absolute Gasteiger partial charge is 0.232 e. The van der Waals surface area contributed by atoms with Crippen LogP contribution in [0.5, 0.6) is 5.88 Å². The summed E-state index contributed by atoms with van der Waals surface area (Å²) in [5.41, 5.74) is 1.83. The Kier molecular flexibility index (Phi) is 3.18. The normalized spacial score (nSPS) is 10.3. The largest absolute Gasteiger partial charge is 0.468 e. The molecular weight excluding hydrogens is 242 g/mol. The van der Waals surface area contributed by atoms with E-state index in [-0.39, 0.29) is 6.61 Å². The second-order valence-corrected chi connectivity index (χ2v) is 3.81. The molecule has 0 atom stereocenters. The van der Waals surface area contributed by atoms with Crippen molar-refractivity contribution >= 4 is 0 Å². The van der Waals surface area contributed by atoms with Gasteiger partial charge in [-0.15, -0.1) is 0 Å². The van der Waals surface area contributed by atoms with Crippen molar-refractivity contribution in [3.8, 4) is 17.1 Å². The summed E-state index contributed by atoms with van der Waals surface area (Å²) in [6.07, 6.45) is 6.57. The lowest BCUT2D eigenvalue weighted by atomic mass is 10.2. The van der Waals surface area contributed by atoms with E-state index in [4.69, 9.17) is 9.15 Å². The Morgan fingerprint density at radius 3 is 2.68 bits per heavy atom. The number of hydrogen-bond acceptors (Lipinski definition) is 5. The van der Waals surface area contributed by atoms with Crippen molar-refractivity contribution in [2.75, 3.05) is 0 Å². The van der Waals surface area contributed by atoms with Gasteiger partial charge in [0.2, 0.25) is 11.8 Å². The van der Waals surface area contributed by atoms with Gasteiger partial charge in [-0.25, -0.2) is 9.97 Å². The topological polar surface area (TPSA) is 61.0 Å². The van der Waals surface area contributed by atoms with Gasteiger partial charge in [0.05, 0.1) is 11.9 Å². The molecule has 94 valence electrons. The maximum absolute atomic E-state index is 5.45. The van der Waals surface area contributed by atoms with Crippen molar-refractivity contribution in [3.05, 3.63) is 61.1 Å². The Morgan fingerprint density at radius 1 is 1.00 bits per heavy atom. The molecule has 0 aliphatic heterocycles. The molecule has 3 aromatic heterocycles. The second kappa shape index (κ2) is 5.30. The molecule has 3 heterocycles. The molecule has 5 nitrogen and oxygen atoms in total. The minimum Gasteiger partial charge on any atom is -0.468 e. The Morgan fingerprint density at radius 2 is 2.00 bits per heavy atom. The molecule has 0 unspecified atom stereocenters. The standard InChI is InChI=1S/C14H11N3O2/c1-2-6-15-12(3-1)11-4-5-13(17-9-11)19-10-14-16-7-8-18-14/h1-9H,10H2. The molecular formula is C14H11N3O2. The van der Waals surface area contributed by atoms with Crippen LogP contribution in [0.15, 0.2) is 59.6 Å². The van der Waals surface area contributed by atoms with Crippen LogP contribution in [0.4, 0.5) is 0 Å². The molecule has 0 bridgehead atoms. The minimum atomic E-state index is 0.267. The number of rotatable bonds is 4. The molecule has 5 heteroatoms. The molecule has 0 saturated heterocycles. The highest BCUT2D eigenvalue weighted by molar-refractivity contribution is 5.57. The molecule has 19 heavy (non-hydrogen) atoms. The summed E-state index contributed by atoms with van der Waals surface area (Å²) in [7, 11) is 0. The van der Waals surface area contributed by atoms with E-state index in [1.165, 1.54) is 6.26 Å². The lowest BCUT2D eigenvalue weighted by Crippen LogP contribution is -1.97. The molecule has 0 aliphatic carbocycles. The van der Waals surface area contributed by atoms with Gasteiger partial charge in [0.15, 0.2) is 6.61 Å². The number of ether oxygens (including phenoxy) is 1. The highest BCUT2D eigenvalue weighted by Gasteiger charge is 2.02. The van der Waals surface area contributed by atoms with Crippen molar-refractivity contribution in [1.82, 2.24) is 15.0 Å². The Bertz CT molecular complexity index is 622. The van der Waals surface area contributed by atoms with E-state index < -0.39 is 0 Å². The average Bonchev–Trinajstić information content (AvgIpc) is 3.00. The Labute approximate surface area is 109 Å². The monoisotopic (exact) mass is 253 g/mol. The highest BCUT2D eigenvalue weighted by atomic mass is 16.5. The fourth-order valence-electron chi connectivity index (χ4n) is 1.61. The van der Waals surface area contributed by atoms with Gasteiger partial charge in [0.25, 0.3) is 0 Å². The molecule has 0 N–H and O–H groups in total. The predicted molar refractivity (Wildman–Crippen MR) is 68.3 cm³/mol. The highest BCUT2D eigenvalue weighted by Crippen LogP contribution is 2.18. The molecule has 0 saturated carbocycles. The first kappa shape index (κ1) is 11.4. The van der Waals surface area contributed by atoms with Gasteiger partial charge in [-0.1, -0.05) is 6.07 Å². The minimum absolute atomic E-state index is 0.267. The van der Waals surface area contributed by atoms with Gasteiger partial charge in [0.1, 0.15) is 6.26 Å². The predicted octanol–water partition coefficient (Wildman–Crippen LogP) is 2.71. The van der Waals surface area contributed by atoms with Gasteiger partial charge in [-0.05, 0) is 18.2 Å². The third-order valence-electron chi connectivity index (χ3n) is 2.52. The summed E-state index contributed by atoms with van der Waals surface area (Å²) in [5.74, 6) is 1.05. The van der Waals surface area contributed by atoms with Gasteiger partial charge < -0.3 is 9.15 Å². The van der Waals surface area contributed by atoms with Gasteiger partial charge >= 0.3 is 0 Å². The lowest BCUT2D eigenvalue weighted by molar-refractivity contribution is 0.254. The molecule has 3 rings (SSSR count). The zero-order valence-corrected chi connectivity index (χ0v) is 10.1. The summed E-state index contributed by atoms with van der Waals surface area (Å²) in [6.45, 7) is 0.267. The fourth-order valence-corrected chi connectivity index (χ4v) is 1.61.